The van der Waals surface area contributed by atoms with E-state index in [1.165, 1.54) is 12.1 Å². The molecule has 0 amide bonds. The molecule has 4 aromatic rings. The van der Waals surface area contributed by atoms with E-state index in [1.807, 2.05) is 40.0 Å². The van der Waals surface area contributed by atoms with Crippen LogP contribution in [-0.2, 0) is 34.5 Å². The monoisotopic (exact) mass is 681 g/mol. The van der Waals surface area contributed by atoms with Crippen LogP contribution in [0.2, 0.25) is 20.1 Å². The van der Waals surface area contributed by atoms with Crippen LogP contribution in [0.1, 0.15) is 22.8 Å². The molecule has 1 heterocycles. The summed E-state index contributed by atoms with van der Waals surface area (Å²) in [4.78, 5) is 0.0782. The fraction of sp³-hybridized carbons (Fsp3) is 0.160. The molecule has 0 aliphatic rings. The molecule has 7 nitrogen and oxygen atoms in total. The Morgan fingerprint density at radius 2 is 1.55 bits per heavy atom. The molecule has 4 N–H and O–H groups in total. The zero-order valence-electron chi connectivity index (χ0n) is 19.7. The molecule has 1 atom stereocenters. The molecule has 3 aromatic carbocycles. The Kier molecular flexibility index (Phi) is 12.1. The number of imidazole rings is 1. The molecule has 1 unspecified atom stereocenters. The maximum atomic E-state index is 11.5. The van der Waals surface area contributed by atoms with Crippen molar-refractivity contribution in [2.24, 2.45) is 5.14 Å². The summed E-state index contributed by atoms with van der Waals surface area (Å²) < 4.78 is 33.2. The minimum atomic E-state index is -3.72. The Morgan fingerprint density at radius 3 is 2.16 bits per heavy atom. The van der Waals surface area contributed by atoms with Gasteiger partial charge in [-0.05, 0) is 47.5 Å². The van der Waals surface area contributed by atoms with E-state index in [0.717, 1.165) is 16.7 Å². The van der Waals surface area contributed by atoms with Gasteiger partial charge in [-0.15, -0.1) is 0 Å². The summed E-state index contributed by atoms with van der Waals surface area (Å²) in [5.74, 6) is 0. The van der Waals surface area contributed by atoms with Gasteiger partial charge in [0.1, 0.15) is 31.6 Å². The lowest BCUT2D eigenvalue weighted by Gasteiger charge is -2.19. The van der Waals surface area contributed by atoms with Gasteiger partial charge in [-0.1, -0.05) is 70.7 Å². The van der Waals surface area contributed by atoms with Crippen molar-refractivity contribution in [1.29, 1.82) is 0 Å². The van der Waals surface area contributed by atoms with Crippen LogP contribution in [0.25, 0.3) is 0 Å². The number of halogens is 5. The van der Waals surface area contributed by atoms with E-state index in [-0.39, 0.29) is 34.0 Å². The van der Waals surface area contributed by atoms with Crippen molar-refractivity contribution in [3.05, 3.63) is 116 Å². The summed E-state index contributed by atoms with van der Waals surface area (Å²) in [6, 6.07) is 17.0. The van der Waals surface area contributed by atoms with Crippen LogP contribution in [0.15, 0.2) is 84.3 Å². The number of ether oxygens (including phenoxy) is 1. The number of nitrogens with two attached hydrogens (primary N) is 1. The zero-order valence-corrected chi connectivity index (χ0v) is 25.1. The third-order valence-corrected chi connectivity index (χ3v) is 7.58. The number of benzene rings is 3. The highest BCUT2D eigenvalue weighted by molar-refractivity contribution is 7.89. The van der Waals surface area contributed by atoms with Gasteiger partial charge >= 0.3 is 0 Å². The second kappa shape index (κ2) is 14.1. The summed E-state index contributed by atoms with van der Waals surface area (Å²) in [7, 11) is -3.72. The molecular formula is C25H24BrCl4N3O4S. The van der Waals surface area contributed by atoms with Gasteiger partial charge in [-0.2, -0.15) is 0 Å². The molecule has 0 saturated carbocycles. The lowest BCUT2D eigenvalue weighted by molar-refractivity contribution is -0.687. The fourth-order valence-electron chi connectivity index (χ4n) is 3.66. The molecule has 0 aliphatic carbocycles. The van der Waals surface area contributed by atoms with Crippen LogP contribution in [-0.4, -0.2) is 18.5 Å². The lowest BCUT2D eigenvalue weighted by Crippen LogP contribution is -3.00. The highest BCUT2D eigenvalue weighted by Gasteiger charge is 2.21. The molecule has 1 aromatic heterocycles. The normalized spacial score (nSPS) is 11.9. The summed E-state index contributed by atoms with van der Waals surface area (Å²) in [6.07, 6.45) is 5.39. The second-order valence-corrected chi connectivity index (χ2v) is 11.4. The van der Waals surface area contributed by atoms with Gasteiger partial charge in [0, 0.05) is 25.7 Å². The van der Waals surface area contributed by atoms with Crippen LogP contribution in [0.3, 0.4) is 0 Å². The number of sulfonamides is 1. The number of hydrogen-bond acceptors (Lipinski definition) is 3. The molecule has 13 heteroatoms. The number of primary sulfonamides is 1. The van der Waals surface area contributed by atoms with Gasteiger partial charge < -0.3 is 27.2 Å². The van der Waals surface area contributed by atoms with E-state index < -0.39 is 16.1 Å². The quantitative estimate of drug-likeness (QED) is 0.274. The van der Waals surface area contributed by atoms with E-state index in [9.17, 15) is 8.42 Å². The van der Waals surface area contributed by atoms with Crippen LogP contribution < -0.4 is 26.7 Å². The number of rotatable bonds is 9. The zero-order chi connectivity index (χ0) is 25.9. The van der Waals surface area contributed by atoms with E-state index in [1.54, 1.807) is 36.4 Å². The van der Waals surface area contributed by atoms with Crippen molar-refractivity contribution < 1.29 is 40.2 Å². The summed E-state index contributed by atoms with van der Waals surface area (Å²) in [5, 5.41) is 7.29. The largest absolute Gasteiger partial charge is 1.00 e. The standard InChI is InChI=1S/C25H22Cl4N3O3S.BrH.H2O/c26-19-4-3-18(23(28)11-19)15-35-25(22-8-5-20(27)12-24(22)29)14-32-10-9-31(16-32)13-17-1-6-21(7-2-17)36(30,33)34;;/h1-12,16,25H,13-15H2,(H2,30,33,34);1H;1H2/q+1;;/p-1. The third-order valence-electron chi connectivity index (χ3n) is 5.50. The minimum Gasteiger partial charge on any atom is -1.00 e. The summed E-state index contributed by atoms with van der Waals surface area (Å²) in [6.45, 7) is 1.28. The van der Waals surface area contributed by atoms with Crippen molar-refractivity contribution in [3.63, 3.8) is 0 Å². The van der Waals surface area contributed by atoms with Crippen LogP contribution >= 0.6 is 46.4 Å². The highest BCUT2D eigenvalue weighted by atomic mass is 79.9. The highest BCUT2D eigenvalue weighted by Crippen LogP contribution is 2.31. The molecule has 0 bridgehead atoms. The molecule has 38 heavy (non-hydrogen) atoms. The molecule has 0 saturated heterocycles. The van der Waals surface area contributed by atoms with Gasteiger partial charge in [-0.25, -0.2) is 22.7 Å². The first-order valence-corrected chi connectivity index (χ1v) is 13.8. The summed E-state index contributed by atoms with van der Waals surface area (Å²) in [5.41, 5.74) is 2.53. The first-order valence-electron chi connectivity index (χ1n) is 10.8. The maximum absolute atomic E-state index is 11.5. The molecule has 4 rings (SSSR count). The van der Waals surface area contributed by atoms with Crippen molar-refractivity contribution in [2.75, 3.05) is 0 Å². The predicted molar refractivity (Wildman–Crippen MR) is 146 cm³/mol. The molecule has 0 spiro atoms. The van der Waals surface area contributed by atoms with Crippen LogP contribution in [0, 0.1) is 0 Å². The predicted octanol–water partition coefficient (Wildman–Crippen LogP) is 2.22. The number of nitrogens with zero attached hydrogens (tertiary/aromatic N) is 2. The molecule has 0 radical (unpaired) electrons. The lowest BCUT2D eigenvalue weighted by atomic mass is 10.1. The number of hydrogen-bond donors (Lipinski definition) is 1. The number of aromatic nitrogens is 2. The molecule has 0 fully saturated rings. The minimum absolute atomic E-state index is 0. The summed E-state index contributed by atoms with van der Waals surface area (Å²) >= 11 is 25.0. The second-order valence-electron chi connectivity index (χ2n) is 8.17. The van der Waals surface area contributed by atoms with Gasteiger partial charge in [0.25, 0.3) is 0 Å². The molecule has 0 aliphatic heterocycles. The average Bonchev–Trinajstić information content (AvgIpc) is 3.24. The van der Waals surface area contributed by atoms with Crippen molar-refractivity contribution in [3.8, 4) is 0 Å². The maximum Gasteiger partial charge on any atom is 0.244 e. The van der Waals surface area contributed by atoms with Gasteiger partial charge in [0.15, 0.2) is 0 Å². The van der Waals surface area contributed by atoms with Crippen molar-refractivity contribution in [1.82, 2.24) is 4.57 Å². The van der Waals surface area contributed by atoms with Gasteiger partial charge in [0.05, 0.1) is 11.5 Å². The first kappa shape index (κ1) is 32.6. The van der Waals surface area contributed by atoms with Crippen molar-refractivity contribution in [2.45, 2.75) is 30.7 Å². The Labute approximate surface area is 251 Å². The van der Waals surface area contributed by atoms with E-state index in [4.69, 9.17) is 56.3 Å². The van der Waals surface area contributed by atoms with Gasteiger partial charge in [0.2, 0.25) is 16.4 Å². The fourth-order valence-corrected chi connectivity index (χ4v) is 5.17. The SMILES string of the molecule is NS(=O)(=O)c1ccc(C[n+]2ccn(CC(OCc3ccc(Cl)cc3Cl)c3ccc(Cl)cc3Cl)c2)cc1.O.[Br-]. The molecular weight excluding hydrogens is 660 g/mol. The van der Waals surface area contributed by atoms with E-state index in [0.29, 0.717) is 33.2 Å². The van der Waals surface area contributed by atoms with Crippen LogP contribution in [0.4, 0.5) is 0 Å². The van der Waals surface area contributed by atoms with Crippen molar-refractivity contribution >= 4 is 56.4 Å². The van der Waals surface area contributed by atoms with E-state index in [2.05, 4.69) is 0 Å². The Hall–Kier alpha value is -1.66. The van der Waals surface area contributed by atoms with Crippen LogP contribution in [0.5, 0.6) is 0 Å². The first-order chi connectivity index (χ1) is 17.1. The van der Waals surface area contributed by atoms with Gasteiger partial charge in [-0.3, -0.25) is 0 Å². The average molecular weight is 684 g/mol. The topological polar surface area (TPSA) is 110 Å². The third kappa shape index (κ3) is 8.67. The molecule has 204 valence electrons. The Morgan fingerprint density at radius 1 is 0.921 bits per heavy atom. The Balaban J connectivity index is 0.00000253. The Bertz CT molecular complexity index is 1480. The van der Waals surface area contributed by atoms with E-state index >= 15 is 0 Å². The smallest absolute Gasteiger partial charge is 0.244 e.